The molecule has 0 aliphatic heterocycles. The summed E-state index contributed by atoms with van der Waals surface area (Å²) in [6.07, 6.45) is -0.256. The number of hydrogen-bond donors (Lipinski definition) is 0. The van der Waals surface area contributed by atoms with Crippen LogP contribution < -0.4 is 0 Å². The molecule has 114 valence electrons. The SMILES string of the molecule is CC(SSC(C)(C)C)C(C)N(C)C(=O)OC(C)(C)C. The molecule has 5 heteroatoms. The van der Waals surface area contributed by atoms with Gasteiger partial charge in [0.05, 0.1) is 0 Å². The Hall–Kier alpha value is -0.0300. The maximum Gasteiger partial charge on any atom is 0.410 e. The van der Waals surface area contributed by atoms with Crippen molar-refractivity contribution in [1.29, 1.82) is 0 Å². The maximum atomic E-state index is 12.0. The lowest BCUT2D eigenvalue weighted by molar-refractivity contribution is 0.0237. The lowest BCUT2D eigenvalue weighted by Crippen LogP contribution is -2.43. The molecule has 0 rings (SSSR count). The van der Waals surface area contributed by atoms with Gasteiger partial charge in [0, 0.05) is 23.1 Å². The zero-order valence-corrected chi connectivity index (χ0v) is 15.4. The number of hydrogen-bond acceptors (Lipinski definition) is 4. The minimum Gasteiger partial charge on any atom is -0.444 e. The molecule has 0 aromatic carbocycles. The summed E-state index contributed by atoms with van der Waals surface area (Å²) >= 11 is 0. The quantitative estimate of drug-likeness (QED) is 0.697. The van der Waals surface area contributed by atoms with Crippen LogP contribution in [0.4, 0.5) is 4.79 Å². The van der Waals surface area contributed by atoms with Crippen molar-refractivity contribution in [1.82, 2.24) is 4.90 Å². The van der Waals surface area contributed by atoms with Crippen molar-refractivity contribution in [2.45, 2.75) is 77.0 Å². The summed E-state index contributed by atoms with van der Waals surface area (Å²) in [5, 5.41) is 0.349. The molecule has 0 spiro atoms. The van der Waals surface area contributed by atoms with E-state index in [4.69, 9.17) is 4.74 Å². The van der Waals surface area contributed by atoms with E-state index in [0.29, 0.717) is 5.25 Å². The Morgan fingerprint density at radius 1 is 1.11 bits per heavy atom. The van der Waals surface area contributed by atoms with Gasteiger partial charge in [-0.25, -0.2) is 4.79 Å². The Morgan fingerprint density at radius 2 is 1.58 bits per heavy atom. The molecular weight excluding hydrogens is 278 g/mol. The Bertz CT molecular complexity index is 295. The molecule has 19 heavy (non-hydrogen) atoms. The van der Waals surface area contributed by atoms with Crippen LogP contribution >= 0.6 is 21.6 Å². The minimum absolute atomic E-state index is 0.134. The molecule has 2 unspecified atom stereocenters. The van der Waals surface area contributed by atoms with Crippen molar-refractivity contribution in [3.63, 3.8) is 0 Å². The molecule has 0 aliphatic rings. The third kappa shape index (κ3) is 8.69. The second kappa shape index (κ2) is 7.11. The molecule has 2 atom stereocenters. The Labute approximate surface area is 126 Å². The molecule has 0 radical (unpaired) electrons. The zero-order valence-electron chi connectivity index (χ0n) is 13.7. The number of rotatable bonds is 4. The van der Waals surface area contributed by atoms with Crippen LogP contribution in [0.25, 0.3) is 0 Å². The van der Waals surface area contributed by atoms with Gasteiger partial charge in [-0.3, -0.25) is 0 Å². The van der Waals surface area contributed by atoms with Crippen molar-refractivity contribution < 1.29 is 9.53 Å². The van der Waals surface area contributed by atoms with E-state index in [2.05, 4.69) is 34.6 Å². The van der Waals surface area contributed by atoms with Crippen molar-refractivity contribution >= 4 is 27.7 Å². The molecule has 0 saturated carbocycles. The van der Waals surface area contributed by atoms with Crippen LogP contribution in [0.15, 0.2) is 0 Å². The second-order valence-electron chi connectivity index (χ2n) is 6.83. The van der Waals surface area contributed by atoms with Gasteiger partial charge in [0.1, 0.15) is 5.60 Å². The van der Waals surface area contributed by atoms with Crippen LogP contribution in [0.1, 0.15) is 55.4 Å². The van der Waals surface area contributed by atoms with Gasteiger partial charge in [0.25, 0.3) is 0 Å². The number of carbonyl (C=O) groups excluding carboxylic acids is 1. The molecule has 0 saturated heterocycles. The smallest absolute Gasteiger partial charge is 0.410 e. The topological polar surface area (TPSA) is 29.5 Å². The molecule has 0 N–H and O–H groups in total. The summed E-state index contributed by atoms with van der Waals surface area (Å²) in [4.78, 5) is 13.7. The zero-order chi connectivity index (χ0) is 15.4. The molecule has 0 aliphatic carbocycles. The van der Waals surface area contributed by atoms with Gasteiger partial charge < -0.3 is 9.64 Å². The number of carbonyl (C=O) groups is 1. The highest BCUT2D eigenvalue weighted by Gasteiger charge is 2.27. The lowest BCUT2D eigenvalue weighted by Gasteiger charge is -2.32. The first-order valence-corrected chi connectivity index (χ1v) is 8.85. The van der Waals surface area contributed by atoms with E-state index < -0.39 is 5.60 Å². The van der Waals surface area contributed by atoms with Gasteiger partial charge in [-0.05, 0) is 27.7 Å². The van der Waals surface area contributed by atoms with Crippen LogP contribution in [0.3, 0.4) is 0 Å². The van der Waals surface area contributed by atoms with Gasteiger partial charge in [-0.1, -0.05) is 49.3 Å². The van der Waals surface area contributed by atoms with Crippen molar-refractivity contribution in [3.8, 4) is 0 Å². The fourth-order valence-corrected chi connectivity index (χ4v) is 3.70. The molecule has 0 heterocycles. The molecular formula is C14H29NO2S2. The monoisotopic (exact) mass is 307 g/mol. The number of nitrogens with zero attached hydrogens (tertiary/aromatic N) is 1. The fourth-order valence-electron chi connectivity index (χ4n) is 1.12. The van der Waals surface area contributed by atoms with E-state index in [1.165, 1.54) is 0 Å². The molecule has 1 amide bonds. The third-order valence-electron chi connectivity index (χ3n) is 2.42. The maximum absolute atomic E-state index is 12.0. The Morgan fingerprint density at radius 3 is 1.95 bits per heavy atom. The molecule has 3 nitrogen and oxygen atoms in total. The van der Waals surface area contributed by atoms with E-state index in [0.717, 1.165) is 0 Å². The van der Waals surface area contributed by atoms with Crippen LogP contribution in [0.5, 0.6) is 0 Å². The molecule has 0 bridgehead atoms. The van der Waals surface area contributed by atoms with Gasteiger partial charge in [0.2, 0.25) is 0 Å². The predicted octanol–water partition coefficient (Wildman–Crippen LogP) is 4.81. The predicted molar refractivity (Wildman–Crippen MR) is 87.9 cm³/mol. The van der Waals surface area contributed by atoms with E-state index in [1.54, 1.807) is 11.9 Å². The number of amides is 1. The largest absolute Gasteiger partial charge is 0.444 e. The van der Waals surface area contributed by atoms with E-state index in [1.807, 2.05) is 42.4 Å². The first kappa shape index (κ1) is 19.0. The standard InChI is InChI=1S/C14H29NO2S2/c1-10(11(2)18-19-14(6,7)8)15(9)12(16)17-13(3,4)5/h10-11H,1-9H3. The summed E-state index contributed by atoms with van der Waals surface area (Å²) in [5.74, 6) is 0. The van der Waals surface area contributed by atoms with E-state index in [9.17, 15) is 4.79 Å². The summed E-state index contributed by atoms with van der Waals surface area (Å²) < 4.78 is 5.61. The first-order chi connectivity index (χ1) is 8.33. The van der Waals surface area contributed by atoms with Crippen molar-refractivity contribution in [2.24, 2.45) is 0 Å². The van der Waals surface area contributed by atoms with Crippen LogP contribution in [0, 0.1) is 0 Å². The minimum atomic E-state index is -0.443. The average molecular weight is 308 g/mol. The highest BCUT2D eigenvalue weighted by Crippen LogP contribution is 2.39. The third-order valence-corrected chi connectivity index (χ3v) is 6.41. The summed E-state index contributed by atoms with van der Waals surface area (Å²) in [6.45, 7) is 16.4. The molecule has 0 aromatic heterocycles. The van der Waals surface area contributed by atoms with Crippen LogP contribution in [-0.4, -0.2) is 39.7 Å². The number of ether oxygens (including phenoxy) is 1. The summed E-state index contributed by atoms with van der Waals surface area (Å²) in [5.41, 5.74) is -0.443. The van der Waals surface area contributed by atoms with E-state index in [-0.39, 0.29) is 16.9 Å². The first-order valence-electron chi connectivity index (χ1n) is 6.64. The molecule has 0 fully saturated rings. The van der Waals surface area contributed by atoms with Crippen molar-refractivity contribution in [2.75, 3.05) is 7.05 Å². The lowest BCUT2D eigenvalue weighted by atomic mass is 10.2. The highest BCUT2D eigenvalue weighted by molar-refractivity contribution is 8.77. The van der Waals surface area contributed by atoms with Crippen LogP contribution in [-0.2, 0) is 4.74 Å². The van der Waals surface area contributed by atoms with Gasteiger partial charge in [0.15, 0.2) is 0 Å². The van der Waals surface area contributed by atoms with Crippen molar-refractivity contribution in [3.05, 3.63) is 0 Å². The van der Waals surface area contributed by atoms with E-state index >= 15 is 0 Å². The van der Waals surface area contributed by atoms with Gasteiger partial charge >= 0.3 is 6.09 Å². The summed E-state index contributed by atoms with van der Waals surface area (Å²) in [6, 6.07) is 0.134. The fraction of sp³-hybridized carbons (Fsp3) is 0.929. The highest BCUT2D eigenvalue weighted by atomic mass is 33.1. The normalized spacial score (nSPS) is 15.8. The van der Waals surface area contributed by atoms with Gasteiger partial charge in [-0.2, -0.15) is 0 Å². The second-order valence-corrected chi connectivity index (χ2v) is 10.2. The molecule has 0 aromatic rings. The van der Waals surface area contributed by atoms with Crippen LogP contribution in [0.2, 0.25) is 0 Å². The average Bonchev–Trinajstić information content (AvgIpc) is 2.20. The van der Waals surface area contributed by atoms with Gasteiger partial charge in [-0.15, -0.1) is 0 Å². The summed E-state index contributed by atoms with van der Waals surface area (Å²) in [7, 11) is 5.48. The Balaban J connectivity index is 4.39. The Kier molecular flexibility index (Phi) is 7.10.